The number of ether oxygens (including phenoxy) is 2. The van der Waals surface area contributed by atoms with Crippen LogP contribution in [0.4, 0.5) is 4.79 Å². The third-order valence-electron chi connectivity index (χ3n) is 4.59. The van der Waals surface area contributed by atoms with E-state index in [0.29, 0.717) is 44.0 Å². The van der Waals surface area contributed by atoms with Gasteiger partial charge >= 0.3 is 6.09 Å². The Kier molecular flexibility index (Phi) is 5.98. The lowest BCUT2D eigenvalue weighted by Crippen LogP contribution is -2.50. The minimum absolute atomic E-state index is 0.231. The number of carbonyl (C=O) groups excluding carboxylic acids is 2. The maximum Gasteiger partial charge on any atom is 0.409 e. The van der Waals surface area contributed by atoms with Gasteiger partial charge < -0.3 is 19.3 Å². The number of amides is 2. The first-order chi connectivity index (χ1) is 13.5. The van der Waals surface area contributed by atoms with Gasteiger partial charge in [0.25, 0.3) is 11.5 Å². The van der Waals surface area contributed by atoms with Gasteiger partial charge in [0.15, 0.2) is 0 Å². The molecule has 0 aliphatic carbocycles. The van der Waals surface area contributed by atoms with Gasteiger partial charge in [-0.1, -0.05) is 18.2 Å². The molecule has 0 radical (unpaired) electrons. The van der Waals surface area contributed by atoms with Gasteiger partial charge in [-0.2, -0.15) is 0 Å². The summed E-state index contributed by atoms with van der Waals surface area (Å²) in [5.41, 5.74) is 0.679. The molecule has 2 amide bonds. The summed E-state index contributed by atoms with van der Waals surface area (Å²) in [4.78, 5) is 40.6. The Morgan fingerprint density at radius 1 is 1.04 bits per heavy atom. The van der Waals surface area contributed by atoms with E-state index in [1.54, 1.807) is 28.9 Å². The van der Waals surface area contributed by atoms with Crippen LogP contribution in [0.15, 0.2) is 47.4 Å². The molecule has 1 aromatic carbocycles. The van der Waals surface area contributed by atoms with Crippen LogP contribution >= 0.6 is 0 Å². The van der Waals surface area contributed by atoms with E-state index in [1.165, 1.54) is 23.9 Å². The zero-order valence-corrected chi connectivity index (χ0v) is 16.0. The molecule has 0 atom stereocenters. The van der Waals surface area contributed by atoms with Gasteiger partial charge in [0.1, 0.15) is 5.75 Å². The third kappa shape index (κ3) is 4.00. The summed E-state index contributed by atoms with van der Waals surface area (Å²) < 4.78 is 11.7. The Labute approximate surface area is 162 Å². The van der Waals surface area contributed by atoms with Gasteiger partial charge in [0.2, 0.25) is 0 Å². The molecule has 28 heavy (non-hydrogen) atoms. The molecule has 3 rings (SSSR count). The van der Waals surface area contributed by atoms with Crippen LogP contribution in [-0.4, -0.2) is 66.3 Å². The largest absolute Gasteiger partial charge is 0.496 e. The first kappa shape index (κ1) is 19.5. The molecule has 148 valence electrons. The van der Waals surface area contributed by atoms with E-state index in [9.17, 15) is 14.4 Å². The highest BCUT2D eigenvalue weighted by Crippen LogP contribution is 2.20. The van der Waals surface area contributed by atoms with Crippen molar-refractivity contribution in [1.29, 1.82) is 0 Å². The summed E-state index contributed by atoms with van der Waals surface area (Å²) in [6.07, 6.45) is 1.14. The van der Waals surface area contributed by atoms with Crippen molar-refractivity contribution in [3.8, 4) is 11.4 Å². The number of hydrogen-bond acceptors (Lipinski definition) is 5. The van der Waals surface area contributed by atoms with Gasteiger partial charge in [-0.3, -0.25) is 14.2 Å². The monoisotopic (exact) mass is 385 g/mol. The molecule has 8 heteroatoms. The first-order valence-electron chi connectivity index (χ1n) is 9.12. The van der Waals surface area contributed by atoms with Gasteiger partial charge in [-0.15, -0.1) is 0 Å². The minimum Gasteiger partial charge on any atom is -0.496 e. The van der Waals surface area contributed by atoms with E-state index in [0.717, 1.165) is 0 Å². The second-order valence-corrected chi connectivity index (χ2v) is 6.28. The fourth-order valence-corrected chi connectivity index (χ4v) is 3.11. The number of carbonyl (C=O) groups is 2. The van der Waals surface area contributed by atoms with Gasteiger partial charge in [-0.05, 0) is 19.1 Å². The molecule has 0 unspecified atom stereocenters. The molecule has 1 fully saturated rings. The minimum atomic E-state index is -0.371. The molecule has 1 aliphatic rings. The Hall–Kier alpha value is -3.29. The summed E-state index contributed by atoms with van der Waals surface area (Å²) in [5, 5.41) is 0. The van der Waals surface area contributed by atoms with Crippen LogP contribution in [0, 0.1) is 0 Å². The molecule has 2 heterocycles. The Bertz CT molecular complexity index is 902. The van der Waals surface area contributed by atoms with E-state index >= 15 is 0 Å². The normalized spacial score (nSPS) is 13.9. The van der Waals surface area contributed by atoms with Crippen molar-refractivity contribution in [3.63, 3.8) is 0 Å². The molecular formula is C20H23N3O5. The Balaban J connectivity index is 1.84. The van der Waals surface area contributed by atoms with E-state index in [2.05, 4.69) is 0 Å². The first-order valence-corrected chi connectivity index (χ1v) is 9.12. The summed E-state index contributed by atoms with van der Waals surface area (Å²) in [6.45, 7) is 3.62. The highest BCUT2D eigenvalue weighted by atomic mass is 16.6. The number of hydrogen-bond donors (Lipinski definition) is 0. The highest BCUT2D eigenvalue weighted by Gasteiger charge is 2.27. The lowest BCUT2D eigenvalue weighted by Gasteiger charge is -2.34. The third-order valence-corrected chi connectivity index (χ3v) is 4.59. The highest BCUT2D eigenvalue weighted by molar-refractivity contribution is 5.97. The van der Waals surface area contributed by atoms with Crippen molar-refractivity contribution in [1.82, 2.24) is 14.4 Å². The fourth-order valence-electron chi connectivity index (χ4n) is 3.11. The Morgan fingerprint density at radius 3 is 2.29 bits per heavy atom. The Morgan fingerprint density at radius 2 is 1.68 bits per heavy atom. The molecule has 0 saturated carbocycles. The number of rotatable bonds is 4. The van der Waals surface area contributed by atoms with Crippen molar-refractivity contribution in [2.75, 3.05) is 39.9 Å². The van der Waals surface area contributed by atoms with Crippen molar-refractivity contribution < 1.29 is 19.1 Å². The van der Waals surface area contributed by atoms with E-state index in [4.69, 9.17) is 9.47 Å². The second-order valence-electron chi connectivity index (χ2n) is 6.28. The van der Waals surface area contributed by atoms with Gasteiger partial charge in [0.05, 0.1) is 19.3 Å². The van der Waals surface area contributed by atoms with Crippen molar-refractivity contribution in [2.45, 2.75) is 6.92 Å². The average molecular weight is 385 g/mol. The lowest BCUT2D eigenvalue weighted by molar-refractivity contribution is 0.0567. The fraction of sp³-hybridized carbons (Fsp3) is 0.350. The second kappa shape index (κ2) is 8.60. The van der Waals surface area contributed by atoms with Crippen LogP contribution < -0.4 is 10.3 Å². The molecule has 8 nitrogen and oxygen atoms in total. The lowest BCUT2D eigenvalue weighted by atomic mass is 10.2. The van der Waals surface area contributed by atoms with E-state index in [-0.39, 0.29) is 23.3 Å². The average Bonchev–Trinajstić information content (AvgIpc) is 2.74. The predicted molar refractivity (Wildman–Crippen MR) is 103 cm³/mol. The predicted octanol–water partition coefficient (Wildman–Crippen LogP) is 1.76. The summed E-state index contributed by atoms with van der Waals surface area (Å²) in [7, 11) is 1.43. The number of piperazine rings is 1. The maximum absolute atomic E-state index is 13.1. The van der Waals surface area contributed by atoms with Crippen LogP contribution in [0.1, 0.15) is 17.3 Å². The summed E-state index contributed by atoms with van der Waals surface area (Å²) in [5.74, 6) is -0.0138. The summed E-state index contributed by atoms with van der Waals surface area (Å²) >= 11 is 0. The number of methoxy groups -OCH3 is 1. The molecule has 0 N–H and O–H groups in total. The van der Waals surface area contributed by atoms with Crippen molar-refractivity contribution in [2.24, 2.45) is 0 Å². The smallest absolute Gasteiger partial charge is 0.409 e. The topological polar surface area (TPSA) is 81.1 Å². The molecule has 2 aromatic rings. The molecule has 1 saturated heterocycles. The quantitative estimate of drug-likeness (QED) is 0.801. The number of para-hydroxylation sites is 1. The maximum atomic E-state index is 13.1. The molecule has 1 aliphatic heterocycles. The van der Waals surface area contributed by atoms with E-state index < -0.39 is 0 Å². The van der Waals surface area contributed by atoms with Crippen LogP contribution in [0.5, 0.6) is 5.75 Å². The zero-order chi connectivity index (χ0) is 20.1. The van der Waals surface area contributed by atoms with Crippen LogP contribution in [-0.2, 0) is 4.74 Å². The van der Waals surface area contributed by atoms with Crippen LogP contribution in [0.25, 0.3) is 5.69 Å². The molecule has 0 spiro atoms. The number of pyridine rings is 1. The zero-order valence-electron chi connectivity index (χ0n) is 16.0. The van der Waals surface area contributed by atoms with Crippen molar-refractivity contribution >= 4 is 12.0 Å². The SMILES string of the molecule is CCOC(=O)N1CCN(C(=O)c2cn(-c3ccccc3)c(=O)cc2OC)CC1. The number of nitrogens with zero attached hydrogens (tertiary/aromatic N) is 3. The number of aromatic nitrogens is 1. The van der Waals surface area contributed by atoms with Crippen LogP contribution in [0.2, 0.25) is 0 Å². The molecule has 1 aromatic heterocycles. The van der Waals surface area contributed by atoms with Gasteiger partial charge in [0, 0.05) is 44.1 Å². The molecular weight excluding hydrogens is 362 g/mol. The van der Waals surface area contributed by atoms with Crippen molar-refractivity contribution in [3.05, 3.63) is 58.5 Å². The van der Waals surface area contributed by atoms with Crippen LogP contribution in [0.3, 0.4) is 0 Å². The summed E-state index contributed by atoms with van der Waals surface area (Å²) in [6, 6.07) is 10.4. The number of benzene rings is 1. The van der Waals surface area contributed by atoms with E-state index in [1.807, 2.05) is 18.2 Å². The standard InChI is InChI=1S/C20H23N3O5/c1-3-28-20(26)22-11-9-21(10-12-22)19(25)16-14-23(15-7-5-4-6-8-15)18(24)13-17(16)27-2/h4-8,13-14H,3,9-12H2,1-2H3. The van der Waals surface area contributed by atoms with Gasteiger partial charge in [-0.25, -0.2) is 4.79 Å². The molecule has 0 bridgehead atoms.